The summed E-state index contributed by atoms with van der Waals surface area (Å²) < 4.78 is 10.9. The van der Waals surface area contributed by atoms with Gasteiger partial charge in [-0.15, -0.1) is 0 Å². The van der Waals surface area contributed by atoms with Crippen molar-refractivity contribution in [2.75, 3.05) is 13.2 Å². The average molecular weight is 330 g/mol. The number of amides is 1. The van der Waals surface area contributed by atoms with Crippen LogP contribution in [0.4, 0.5) is 0 Å². The summed E-state index contributed by atoms with van der Waals surface area (Å²) in [5.41, 5.74) is 1.84. The van der Waals surface area contributed by atoms with Gasteiger partial charge in [0.15, 0.2) is 5.69 Å². The molecule has 0 aromatic carbocycles. The van der Waals surface area contributed by atoms with Crippen molar-refractivity contribution in [3.05, 3.63) is 34.7 Å². The number of carbonyl (C=O) groups is 1. The quantitative estimate of drug-likeness (QED) is 0.898. The topological polar surface area (TPSA) is 93.0 Å². The molecule has 24 heavy (non-hydrogen) atoms. The predicted molar refractivity (Wildman–Crippen MR) is 85.7 cm³/mol. The summed E-state index contributed by atoms with van der Waals surface area (Å²) in [5.74, 6) is 1.47. The molecular weight excluding hydrogens is 308 g/mol. The number of nitrogens with one attached hydrogen (secondary N) is 2. The molecule has 2 N–H and O–H groups in total. The van der Waals surface area contributed by atoms with Crippen LogP contribution in [0, 0.1) is 6.92 Å². The van der Waals surface area contributed by atoms with Gasteiger partial charge in [-0.3, -0.25) is 4.79 Å². The van der Waals surface area contributed by atoms with E-state index in [0.717, 1.165) is 48.5 Å². The molecule has 1 amide bonds. The zero-order chi connectivity index (χ0) is 16.6. The lowest BCUT2D eigenvalue weighted by molar-refractivity contribution is 0.0313. The fraction of sp³-hybridized carbons (Fsp3) is 0.588. The first-order chi connectivity index (χ1) is 11.7. The van der Waals surface area contributed by atoms with Crippen molar-refractivity contribution in [2.24, 2.45) is 0 Å². The van der Waals surface area contributed by atoms with Gasteiger partial charge in [0.25, 0.3) is 5.91 Å². The van der Waals surface area contributed by atoms with Crippen molar-refractivity contribution in [2.45, 2.75) is 51.0 Å². The smallest absolute Gasteiger partial charge is 0.274 e. The summed E-state index contributed by atoms with van der Waals surface area (Å²) in [5, 5.41) is 7.22. The largest absolute Gasteiger partial charge is 0.381 e. The van der Waals surface area contributed by atoms with Gasteiger partial charge in [0.05, 0.1) is 0 Å². The molecule has 1 fully saturated rings. The highest BCUT2D eigenvalue weighted by molar-refractivity contribution is 5.94. The highest BCUT2D eigenvalue weighted by Gasteiger charge is 2.40. The number of ether oxygens (including phenoxy) is 1. The lowest BCUT2D eigenvalue weighted by Gasteiger charge is -2.36. The normalized spacial score (nSPS) is 19.7. The number of H-pyrrole nitrogens is 1. The third-order valence-corrected chi connectivity index (χ3v) is 5.02. The zero-order valence-electron chi connectivity index (χ0n) is 13.9. The third-order valence-electron chi connectivity index (χ3n) is 5.02. The number of imidazole rings is 1. The van der Waals surface area contributed by atoms with Crippen LogP contribution in [0.1, 0.15) is 59.0 Å². The van der Waals surface area contributed by atoms with Crippen molar-refractivity contribution in [1.29, 1.82) is 0 Å². The Bertz CT molecular complexity index is 743. The monoisotopic (exact) mass is 330 g/mol. The summed E-state index contributed by atoms with van der Waals surface area (Å²) in [6.45, 7) is 3.15. The van der Waals surface area contributed by atoms with Crippen LogP contribution in [0.2, 0.25) is 0 Å². The van der Waals surface area contributed by atoms with Crippen molar-refractivity contribution >= 4 is 5.91 Å². The Morgan fingerprint density at radius 2 is 2.08 bits per heavy atom. The molecule has 3 heterocycles. The lowest BCUT2D eigenvalue weighted by Crippen LogP contribution is -2.50. The van der Waals surface area contributed by atoms with Gasteiger partial charge in [0.1, 0.15) is 17.1 Å². The van der Waals surface area contributed by atoms with Crippen LogP contribution in [0.15, 0.2) is 10.7 Å². The minimum absolute atomic E-state index is 0.183. The standard InChI is InChI=1S/C17H22N4O3/c1-11-10-18-16(19-11)17(6-8-23-9-7-17)20-15(22)14-12-4-2-3-5-13(12)24-21-14/h10H,2-9H2,1H3,(H,18,19)(H,20,22). The van der Waals surface area contributed by atoms with E-state index in [0.29, 0.717) is 31.7 Å². The average Bonchev–Trinajstić information content (AvgIpc) is 3.22. The van der Waals surface area contributed by atoms with E-state index in [9.17, 15) is 4.79 Å². The van der Waals surface area contributed by atoms with E-state index < -0.39 is 5.54 Å². The number of hydrogen-bond donors (Lipinski definition) is 2. The first kappa shape index (κ1) is 15.4. The molecule has 2 aromatic rings. The Kier molecular flexibility index (Phi) is 3.88. The van der Waals surface area contributed by atoms with Crippen molar-refractivity contribution in [1.82, 2.24) is 20.4 Å². The van der Waals surface area contributed by atoms with Crippen LogP contribution in [-0.2, 0) is 23.1 Å². The number of hydrogen-bond acceptors (Lipinski definition) is 5. The minimum Gasteiger partial charge on any atom is -0.381 e. The van der Waals surface area contributed by atoms with Crippen LogP contribution in [0.25, 0.3) is 0 Å². The third kappa shape index (κ3) is 2.62. The molecule has 7 heteroatoms. The second kappa shape index (κ2) is 6.05. The minimum atomic E-state index is -0.538. The van der Waals surface area contributed by atoms with Crippen LogP contribution in [0.5, 0.6) is 0 Å². The molecule has 0 unspecified atom stereocenters. The Balaban J connectivity index is 1.63. The molecule has 0 radical (unpaired) electrons. The van der Waals surface area contributed by atoms with Gasteiger partial charge >= 0.3 is 0 Å². The zero-order valence-corrected chi connectivity index (χ0v) is 13.9. The Hall–Kier alpha value is -2.15. The van der Waals surface area contributed by atoms with E-state index in [1.807, 2.05) is 6.92 Å². The van der Waals surface area contributed by atoms with E-state index in [1.165, 1.54) is 0 Å². The number of aromatic nitrogens is 3. The first-order valence-electron chi connectivity index (χ1n) is 8.58. The highest BCUT2D eigenvalue weighted by atomic mass is 16.5. The van der Waals surface area contributed by atoms with E-state index in [2.05, 4.69) is 20.4 Å². The molecular formula is C17H22N4O3. The fourth-order valence-corrected chi connectivity index (χ4v) is 3.64. The van der Waals surface area contributed by atoms with Crippen LogP contribution < -0.4 is 5.32 Å². The Labute approximate surface area is 140 Å². The fourth-order valence-electron chi connectivity index (χ4n) is 3.64. The molecule has 7 nitrogen and oxygen atoms in total. The predicted octanol–water partition coefficient (Wildman–Crippen LogP) is 2.02. The first-order valence-corrected chi connectivity index (χ1v) is 8.58. The molecule has 1 aliphatic heterocycles. The second-order valence-corrected chi connectivity index (χ2v) is 6.70. The number of aromatic amines is 1. The van der Waals surface area contributed by atoms with E-state index in [-0.39, 0.29) is 5.91 Å². The number of aryl methyl sites for hydroxylation is 2. The van der Waals surface area contributed by atoms with Gasteiger partial charge in [0, 0.05) is 49.9 Å². The van der Waals surface area contributed by atoms with Gasteiger partial charge in [-0.25, -0.2) is 4.98 Å². The van der Waals surface area contributed by atoms with Gasteiger partial charge in [-0.2, -0.15) is 0 Å². The van der Waals surface area contributed by atoms with E-state index in [1.54, 1.807) is 6.20 Å². The van der Waals surface area contributed by atoms with Crippen LogP contribution >= 0.6 is 0 Å². The number of nitrogens with zero attached hydrogens (tertiary/aromatic N) is 2. The van der Waals surface area contributed by atoms with Crippen molar-refractivity contribution in [3.63, 3.8) is 0 Å². The maximum absolute atomic E-state index is 12.9. The maximum atomic E-state index is 12.9. The molecule has 0 bridgehead atoms. The van der Waals surface area contributed by atoms with E-state index in [4.69, 9.17) is 9.26 Å². The van der Waals surface area contributed by atoms with Gasteiger partial charge < -0.3 is 19.6 Å². The molecule has 0 atom stereocenters. The summed E-state index contributed by atoms with van der Waals surface area (Å²) in [7, 11) is 0. The summed E-state index contributed by atoms with van der Waals surface area (Å²) in [4.78, 5) is 20.7. The summed E-state index contributed by atoms with van der Waals surface area (Å²) in [6.07, 6.45) is 7.05. The molecule has 2 aromatic heterocycles. The Morgan fingerprint density at radius 1 is 1.29 bits per heavy atom. The second-order valence-electron chi connectivity index (χ2n) is 6.70. The van der Waals surface area contributed by atoms with Crippen molar-refractivity contribution in [3.8, 4) is 0 Å². The van der Waals surface area contributed by atoms with Gasteiger partial charge in [-0.05, 0) is 26.2 Å². The number of rotatable bonds is 3. The van der Waals surface area contributed by atoms with Crippen LogP contribution in [-0.4, -0.2) is 34.2 Å². The molecule has 0 saturated carbocycles. The molecule has 1 saturated heterocycles. The molecule has 2 aliphatic rings. The van der Waals surface area contributed by atoms with E-state index >= 15 is 0 Å². The molecule has 1 aliphatic carbocycles. The molecule has 128 valence electrons. The SMILES string of the molecule is Cc1cnc(C2(NC(=O)c3noc4c3CCCC4)CCOCC2)[nH]1. The number of fused-ring (bicyclic) bond motifs is 1. The number of carbonyl (C=O) groups excluding carboxylic acids is 1. The molecule has 4 rings (SSSR count). The van der Waals surface area contributed by atoms with Gasteiger partial charge in [0.2, 0.25) is 0 Å². The highest BCUT2D eigenvalue weighted by Crippen LogP contribution is 2.31. The maximum Gasteiger partial charge on any atom is 0.274 e. The Morgan fingerprint density at radius 3 is 2.83 bits per heavy atom. The van der Waals surface area contributed by atoms with Gasteiger partial charge in [-0.1, -0.05) is 5.16 Å². The summed E-state index contributed by atoms with van der Waals surface area (Å²) in [6, 6.07) is 0. The molecule has 0 spiro atoms. The summed E-state index contributed by atoms with van der Waals surface area (Å²) >= 11 is 0. The van der Waals surface area contributed by atoms with Crippen LogP contribution in [0.3, 0.4) is 0 Å². The lowest BCUT2D eigenvalue weighted by atomic mass is 9.88. The van der Waals surface area contributed by atoms with Crippen molar-refractivity contribution < 1.29 is 14.1 Å².